The van der Waals surface area contributed by atoms with E-state index in [9.17, 15) is 0 Å². The number of nitrogens with zero attached hydrogens (tertiary/aromatic N) is 1. The van der Waals surface area contributed by atoms with Crippen LogP contribution in [-0.4, -0.2) is 30.4 Å². The highest BCUT2D eigenvalue weighted by Gasteiger charge is 2.16. The molecular formula is C12H15ClN2O3. The monoisotopic (exact) mass is 270 g/mol. The van der Waals surface area contributed by atoms with Gasteiger partial charge in [0.1, 0.15) is 11.9 Å². The minimum absolute atomic E-state index is 0.0227. The molecule has 0 aliphatic carbocycles. The number of nitrogens with two attached hydrogens (primary N) is 1. The van der Waals surface area contributed by atoms with Gasteiger partial charge in [-0.15, -0.1) is 0 Å². The summed E-state index contributed by atoms with van der Waals surface area (Å²) in [6.07, 6.45) is 1.85. The van der Waals surface area contributed by atoms with Crippen LogP contribution in [-0.2, 0) is 4.74 Å². The third-order valence-corrected chi connectivity index (χ3v) is 3.09. The number of ether oxygens (including phenoxy) is 2. The van der Waals surface area contributed by atoms with E-state index in [2.05, 4.69) is 5.16 Å². The molecule has 0 amide bonds. The van der Waals surface area contributed by atoms with E-state index in [0.29, 0.717) is 29.5 Å². The molecule has 1 aromatic rings. The normalized spacial score (nSPS) is 17.7. The van der Waals surface area contributed by atoms with Crippen molar-refractivity contribution in [2.24, 2.45) is 10.9 Å². The standard InChI is InChI=1S/C12H15ClN2O3/c13-10-7-8(12(14)15-16)1-2-11(10)18-9-3-5-17-6-4-9/h1-2,7,9,16H,3-6H2,(H2,14,15). The Morgan fingerprint density at radius 2 is 2.17 bits per heavy atom. The first-order valence-corrected chi connectivity index (χ1v) is 6.10. The summed E-state index contributed by atoms with van der Waals surface area (Å²) >= 11 is 6.10. The molecule has 0 bridgehead atoms. The van der Waals surface area contributed by atoms with Gasteiger partial charge in [0, 0.05) is 18.4 Å². The fourth-order valence-electron chi connectivity index (χ4n) is 1.79. The van der Waals surface area contributed by atoms with Gasteiger partial charge < -0.3 is 20.4 Å². The van der Waals surface area contributed by atoms with E-state index in [1.807, 2.05) is 0 Å². The molecule has 1 fully saturated rings. The average Bonchev–Trinajstić information content (AvgIpc) is 2.41. The molecule has 0 unspecified atom stereocenters. The van der Waals surface area contributed by atoms with Crippen LogP contribution in [0.25, 0.3) is 0 Å². The zero-order valence-electron chi connectivity index (χ0n) is 9.80. The Bertz CT molecular complexity index is 445. The highest BCUT2D eigenvalue weighted by Crippen LogP contribution is 2.28. The summed E-state index contributed by atoms with van der Waals surface area (Å²) in [5.41, 5.74) is 6.04. The van der Waals surface area contributed by atoms with Gasteiger partial charge in [0.2, 0.25) is 0 Å². The van der Waals surface area contributed by atoms with Crippen molar-refractivity contribution >= 4 is 17.4 Å². The van der Waals surface area contributed by atoms with Gasteiger partial charge in [0.15, 0.2) is 5.84 Å². The van der Waals surface area contributed by atoms with Crippen LogP contribution in [0.5, 0.6) is 5.75 Å². The summed E-state index contributed by atoms with van der Waals surface area (Å²) in [6, 6.07) is 5.05. The molecule has 1 aliphatic rings. The molecule has 5 nitrogen and oxygen atoms in total. The van der Waals surface area contributed by atoms with Crippen LogP contribution in [0.3, 0.4) is 0 Å². The quantitative estimate of drug-likeness (QED) is 0.381. The smallest absolute Gasteiger partial charge is 0.170 e. The van der Waals surface area contributed by atoms with E-state index < -0.39 is 0 Å². The van der Waals surface area contributed by atoms with E-state index in [1.165, 1.54) is 0 Å². The summed E-state index contributed by atoms with van der Waals surface area (Å²) in [7, 11) is 0. The van der Waals surface area contributed by atoms with Crippen molar-refractivity contribution in [2.45, 2.75) is 18.9 Å². The molecule has 1 heterocycles. The van der Waals surface area contributed by atoms with Crippen molar-refractivity contribution in [2.75, 3.05) is 13.2 Å². The predicted molar refractivity (Wildman–Crippen MR) is 68.4 cm³/mol. The number of hydrogen-bond acceptors (Lipinski definition) is 4. The van der Waals surface area contributed by atoms with Crippen molar-refractivity contribution < 1.29 is 14.7 Å². The molecular weight excluding hydrogens is 256 g/mol. The number of rotatable bonds is 3. The molecule has 0 saturated carbocycles. The maximum atomic E-state index is 8.58. The van der Waals surface area contributed by atoms with Gasteiger partial charge in [-0.1, -0.05) is 16.8 Å². The Morgan fingerprint density at radius 1 is 1.44 bits per heavy atom. The third kappa shape index (κ3) is 3.05. The molecule has 1 aromatic carbocycles. The number of hydrogen-bond donors (Lipinski definition) is 2. The second kappa shape index (κ2) is 5.93. The minimum Gasteiger partial charge on any atom is -0.489 e. The summed E-state index contributed by atoms with van der Waals surface area (Å²) in [5.74, 6) is 0.632. The molecule has 18 heavy (non-hydrogen) atoms. The molecule has 0 radical (unpaired) electrons. The first kappa shape index (κ1) is 13.0. The Balaban J connectivity index is 2.09. The first-order valence-electron chi connectivity index (χ1n) is 5.72. The van der Waals surface area contributed by atoms with Crippen LogP contribution in [0.4, 0.5) is 0 Å². The lowest BCUT2D eigenvalue weighted by atomic mass is 10.1. The molecule has 2 rings (SSSR count). The highest BCUT2D eigenvalue weighted by molar-refractivity contribution is 6.32. The zero-order chi connectivity index (χ0) is 13.0. The van der Waals surface area contributed by atoms with E-state index in [4.69, 9.17) is 32.0 Å². The van der Waals surface area contributed by atoms with Crippen molar-refractivity contribution in [3.8, 4) is 5.75 Å². The van der Waals surface area contributed by atoms with Crippen molar-refractivity contribution in [3.63, 3.8) is 0 Å². The van der Waals surface area contributed by atoms with Gasteiger partial charge in [0.25, 0.3) is 0 Å². The number of oxime groups is 1. The van der Waals surface area contributed by atoms with Crippen LogP contribution in [0.15, 0.2) is 23.4 Å². The van der Waals surface area contributed by atoms with E-state index >= 15 is 0 Å². The highest BCUT2D eigenvalue weighted by atomic mass is 35.5. The van der Waals surface area contributed by atoms with Crippen LogP contribution < -0.4 is 10.5 Å². The van der Waals surface area contributed by atoms with Gasteiger partial charge in [-0.25, -0.2) is 0 Å². The average molecular weight is 271 g/mol. The molecule has 98 valence electrons. The fourth-order valence-corrected chi connectivity index (χ4v) is 2.01. The maximum absolute atomic E-state index is 8.58. The van der Waals surface area contributed by atoms with Gasteiger partial charge in [-0.2, -0.15) is 0 Å². The largest absolute Gasteiger partial charge is 0.489 e. The summed E-state index contributed by atoms with van der Waals surface area (Å²) in [6.45, 7) is 1.43. The number of benzene rings is 1. The molecule has 0 spiro atoms. The second-order valence-electron chi connectivity index (χ2n) is 4.06. The van der Waals surface area contributed by atoms with Crippen molar-refractivity contribution in [3.05, 3.63) is 28.8 Å². The number of amidine groups is 1. The first-order chi connectivity index (χ1) is 8.70. The Hall–Kier alpha value is -1.46. The number of halogens is 1. The van der Waals surface area contributed by atoms with Crippen LogP contribution in [0, 0.1) is 0 Å². The van der Waals surface area contributed by atoms with Crippen LogP contribution in [0.1, 0.15) is 18.4 Å². The summed E-state index contributed by atoms with van der Waals surface area (Å²) in [4.78, 5) is 0. The van der Waals surface area contributed by atoms with Crippen molar-refractivity contribution in [1.29, 1.82) is 0 Å². The van der Waals surface area contributed by atoms with Gasteiger partial charge >= 0.3 is 0 Å². The van der Waals surface area contributed by atoms with Crippen LogP contribution >= 0.6 is 11.6 Å². The van der Waals surface area contributed by atoms with E-state index in [1.54, 1.807) is 18.2 Å². The molecule has 3 N–H and O–H groups in total. The van der Waals surface area contributed by atoms with Crippen molar-refractivity contribution in [1.82, 2.24) is 0 Å². The minimum atomic E-state index is 0.0227. The van der Waals surface area contributed by atoms with E-state index in [0.717, 1.165) is 12.8 Å². The Kier molecular flexibility index (Phi) is 4.28. The summed E-state index contributed by atoms with van der Waals surface area (Å²) < 4.78 is 11.1. The lowest BCUT2D eigenvalue weighted by Gasteiger charge is -2.23. The molecule has 1 saturated heterocycles. The lowest BCUT2D eigenvalue weighted by molar-refractivity contribution is 0.0256. The molecule has 0 atom stereocenters. The Morgan fingerprint density at radius 3 is 2.78 bits per heavy atom. The molecule has 1 aliphatic heterocycles. The summed E-state index contributed by atoms with van der Waals surface area (Å²) in [5, 5.41) is 12.0. The Labute approximate surface area is 110 Å². The van der Waals surface area contributed by atoms with Gasteiger partial charge in [0.05, 0.1) is 18.2 Å². The maximum Gasteiger partial charge on any atom is 0.170 e. The van der Waals surface area contributed by atoms with Gasteiger partial charge in [-0.3, -0.25) is 0 Å². The van der Waals surface area contributed by atoms with Gasteiger partial charge in [-0.05, 0) is 18.2 Å². The topological polar surface area (TPSA) is 77.1 Å². The molecule has 0 aromatic heterocycles. The zero-order valence-corrected chi connectivity index (χ0v) is 10.6. The predicted octanol–water partition coefficient (Wildman–Crippen LogP) is 1.99. The second-order valence-corrected chi connectivity index (χ2v) is 4.47. The molecule has 6 heteroatoms. The van der Waals surface area contributed by atoms with Crippen LogP contribution in [0.2, 0.25) is 5.02 Å². The SMILES string of the molecule is NC(=NO)c1ccc(OC2CCOCC2)c(Cl)c1. The lowest BCUT2D eigenvalue weighted by Crippen LogP contribution is -2.26. The fraction of sp³-hybridized carbons (Fsp3) is 0.417. The third-order valence-electron chi connectivity index (χ3n) is 2.80. The van der Waals surface area contributed by atoms with E-state index in [-0.39, 0.29) is 11.9 Å².